The molecule has 78 valence electrons. The van der Waals surface area contributed by atoms with Crippen LogP contribution in [0.4, 0.5) is 0 Å². The predicted octanol–water partition coefficient (Wildman–Crippen LogP) is 2.25. The Morgan fingerprint density at radius 2 is 2.14 bits per heavy atom. The summed E-state index contributed by atoms with van der Waals surface area (Å²) in [7, 11) is 0. The number of aliphatic imine (C=N–C) groups is 1. The molecule has 0 heterocycles. The van der Waals surface area contributed by atoms with Crippen LogP contribution < -0.4 is 5.73 Å². The maximum absolute atomic E-state index is 8.70. The minimum Gasteiger partial charge on any atom is -0.404 e. The average molecular weight is 193 g/mol. The molecule has 0 aliphatic rings. The highest BCUT2D eigenvalue weighted by Crippen LogP contribution is 2.22. The van der Waals surface area contributed by atoms with Gasteiger partial charge in [-0.2, -0.15) is 5.26 Å². The maximum atomic E-state index is 8.70. The van der Waals surface area contributed by atoms with Crippen LogP contribution in [-0.4, -0.2) is 12.3 Å². The van der Waals surface area contributed by atoms with Crippen LogP contribution in [0.1, 0.15) is 34.1 Å². The van der Waals surface area contributed by atoms with Gasteiger partial charge in [0, 0.05) is 6.21 Å². The predicted molar refractivity (Wildman–Crippen MR) is 59.9 cm³/mol. The largest absolute Gasteiger partial charge is 0.404 e. The molecule has 0 aromatic carbocycles. The lowest BCUT2D eigenvalue weighted by Gasteiger charge is -2.18. The van der Waals surface area contributed by atoms with Crippen molar-refractivity contribution in [2.24, 2.45) is 16.1 Å². The van der Waals surface area contributed by atoms with E-state index in [0.717, 1.165) is 12.0 Å². The van der Waals surface area contributed by atoms with Crippen molar-refractivity contribution < 1.29 is 0 Å². The van der Waals surface area contributed by atoms with Gasteiger partial charge in [0.2, 0.25) is 0 Å². The van der Waals surface area contributed by atoms with E-state index in [4.69, 9.17) is 11.0 Å². The van der Waals surface area contributed by atoms with Gasteiger partial charge in [0.05, 0.1) is 6.07 Å². The summed E-state index contributed by atoms with van der Waals surface area (Å²) in [5.74, 6) is 0. The fraction of sp³-hybridized carbons (Fsp3) is 0.636. The third-order valence-corrected chi connectivity index (χ3v) is 1.97. The molecule has 0 radical (unpaired) electrons. The van der Waals surface area contributed by atoms with E-state index in [0.29, 0.717) is 0 Å². The zero-order chi connectivity index (χ0) is 11.2. The summed E-state index contributed by atoms with van der Waals surface area (Å²) in [5.41, 5.74) is 6.42. The summed E-state index contributed by atoms with van der Waals surface area (Å²) in [5, 5.41) is 8.70. The van der Waals surface area contributed by atoms with Crippen LogP contribution in [0.25, 0.3) is 0 Å². The van der Waals surface area contributed by atoms with E-state index < -0.39 is 0 Å². The highest BCUT2D eigenvalue weighted by molar-refractivity contribution is 5.80. The monoisotopic (exact) mass is 193 g/mol. The van der Waals surface area contributed by atoms with Crippen LogP contribution in [0.3, 0.4) is 0 Å². The van der Waals surface area contributed by atoms with Gasteiger partial charge in [-0.15, -0.1) is 0 Å². The van der Waals surface area contributed by atoms with Gasteiger partial charge in [0.1, 0.15) is 6.04 Å². The first kappa shape index (κ1) is 12.7. The Kier molecular flexibility index (Phi) is 4.93. The summed E-state index contributed by atoms with van der Waals surface area (Å²) in [6.07, 6.45) is 3.99. The van der Waals surface area contributed by atoms with E-state index in [2.05, 4.69) is 31.8 Å². The second-order valence-corrected chi connectivity index (χ2v) is 4.20. The highest BCUT2D eigenvalue weighted by Gasteiger charge is 2.14. The zero-order valence-corrected chi connectivity index (χ0v) is 9.41. The molecule has 0 saturated carbocycles. The molecule has 0 aromatic rings. The number of hydrogen-bond acceptors (Lipinski definition) is 3. The van der Waals surface area contributed by atoms with E-state index in [1.54, 1.807) is 12.4 Å². The fourth-order valence-electron chi connectivity index (χ4n) is 0.887. The molecule has 1 atom stereocenters. The zero-order valence-electron chi connectivity index (χ0n) is 9.41. The Labute approximate surface area is 86.3 Å². The van der Waals surface area contributed by atoms with E-state index >= 15 is 0 Å². The maximum Gasteiger partial charge on any atom is 0.136 e. The van der Waals surface area contributed by atoms with Crippen molar-refractivity contribution in [1.82, 2.24) is 0 Å². The third-order valence-electron chi connectivity index (χ3n) is 1.97. The van der Waals surface area contributed by atoms with Crippen molar-refractivity contribution in [2.45, 2.75) is 40.2 Å². The molecule has 3 nitrogen and oxygen atoms in total. The van der Waals surface area contributed by atoms with Crippen LogP contribution in [0.2, 0.25) is 0 Å². The van der Waals surface area contributed by atoms with Crippen molar-refractivity contribution in [3.8, 4) is 6.07 Å². The molecular weight excluding hydrogens is 174 g/mol. The minimum atomic E-state index is -0.257. The molecule has 3 heteroatoms. The normalized spacial score (nSPS) is 15.5. The van der Waals surface area contributed by atoms with Crippen molar-refractivity contribution in [2.75, 3.05) is 0 Å². The number of nitrogens with zero attached hydrogens (tertiary/aromatic N) is 2. The Hall–Kier alpha value is -1.30. The molecule has 0 aliphatic heterocycles. The van der Waals surface area contributed by atoms with Crippen LogP contribution in [0, 0.1) is 16.7 Å². The van der Waals surface area contributed by atoms with Gasteiger partial charge in [-0.25, -0.2) is 0 Å². The number of allylic oxidation sites excluding steroid dienone is 1. The summed E-state index contributed by atoms with van der Waals surface area (Å²) < 4.78 is 0. The number of rotatable bonds is 3. The summed E-state index contributed by atoms with van der Waals surface area (Å²) in [6.45, 7) is 8.12. The first-order valence-corrected chi connectivity index (χ1v) is 4.80. The molecule has 14 heavy (non-hydrogen) atoms. The SMILES string of the molecule is CCC(C#N)N=C/C(=C\N)C(C)(C)C. The standard InChI is InChI=1S/C11H19N3/c1-5-10(7-13)14-8-9(6-12)11(2,3)4/h6,8,10H,5,12H2,1-4H3/b9-6+,14-8?. The number of nitrogens with two attached hydrogens (primary N) is 1. The molecule has 0 rings (SSSR count). The van der Waals surface area contributed by atoms with Gasteiger partial charge in [0.25, 0.3) is 0 Å². The second kappa shape index (κ2) is 5.43. The summed E-state index contributed by atoms with van der Waals surface area (Å²) in [4.78, 5) is 4.16. The van der Waals surface area contributed by atoms with Crippen LogP contribution in [-0.2, 0) is 0 Å². The van der Waals surface area contributed by atoms with Gasteiger partial charge in [0.15, 0.2) is 0 Å². The highest BCUT2D eigenvalue weighted by atomic mass is 14.8. The van der Waals surface area contributed by atoms with E-state index in [1.165, 1.54) is 0 Å². The smallest absolute Gasteiger partial charge is 0.136 e. The molecule has 1 unspecified atom stereocenters. The topological polar surface area (TPSA) is 62.2 Å². The molecule has 0 aromatic heterocycles. The molecule has 0 bridgehead atoms. The van der Waals surface area contributed by atoms with Gasteiger partial charge in [-0.1, -0.05) is 27.7 Å². The van der Waals surface area contributed by atoms with Gasteiger partial charge >= 0.3 is 0 Å². The Morgan fingerprint density at radius 3 is 2.43 bits per heavy atom. The summed E-state index contributed by atoms with van der Waals surface area (Å²) in [6, 6.07) is 1.86. The molecule has 0 spiro atoms. The molecule has 0 saturated heterocycles. The Morgan fingerprint density at radius 1 is 1.57 bits per heavy atom. The van der Waals surface area contributed by atoms with Crippen molar-refractivity contribution in [1.29, 1.82) is 5.26 Å². The lowest BCUT2D eigenvalue weighted by atomic mass is 9.88. The fourth-order valence-corrected chi connectivity index (χ4v) is 0.887. The molecule has 0 amide bonds. The van der Waals surface area contributed by atoms with Crippen LogP contribution in [0.15, 0.2) is 16.8 Å². The molecule has 0 aliphatic carbocycles. The molecule has 0 fully saturated rings. The van der Waals surface area contributed by atoms with Crippen molar-refractivity contribution >= 4 is 6.21 Å². The van der Waals surface area contributed by atoms with E-state index in [1.807, 2.05) is 6.92 Å². The summed E-state index contributed by atoms with van der Waals surface area (Å²) >= 11 is 0. The average Bonchev–Trinajstić information content (AvgIpc) is 2.10. The number of nitriles is 1. The first-order chi connectivity index (χ1) is 6.45. The van der Waals surface area contributed by atoms with Gasteiger partial charge in [-0.3, -0.25) is 4.99 Å². The quantitative estimate of drug-likeness (QED) is 0.699. The van der Waals surface area contributed by atoms with E-state index in [-0.39, 0.29) is 11.5 Å². The lowest BCUT2D eigenvalue weighted by molar-refractivity contribution is 0.525. The van der Waals surface area contributed by atoms with Gasteiger partial charge < -0.3 is 5.73 Å². The number of hydrogen-bond donors (Lipinski definition) is 1. The van der Waals surface area contributed by atoms with Crippen LogP contribution >= 0.6 is 0 Å². The van der Waals surface area contributed by atoms with Crippen LogP contribution in [0.5, 0.6) is 0 Å². The third kappa shape index (κ3) is 4.08. The van der Waals surface area contributed by atoms with E-state index in [9.17, 15) is 0 Å². The molecular formula is C11H19N3. The first-order valence-electron chi connectivity index (χ1n) is 4.80. The van der Waals surface area contributed by atoms with Gasteiger partial charge in [-0.05, 0) is 23.6 Å². The minimum absolute atomic E-state index is 0.0218. The van der Waals surface area contributed by atoms with Crippen molar-refractivity contribution in [3.63, 3.8) is 0 Å². The second-order valence-electron chi connectivity index (χ2n) is 4.20. The van der Waals surface area contributed by atoms with Crippen molar-refractivity contribution in [3.05, 3.63) is 11.8 Å². The molecule has 2 N–H and O–H groups in total. The Balaban J connectivity index is 4.58. The lowest BCUT2D eigenvalue weighted by Crippen LogP contribution is -2.13. The Bertz CT molecular complexity index is 263.